The number of aromatic nitrogens is 3. The first-order chi connectivity index (χ1) is 8.49. The van der Waals surface area contributed by atoms with Gasteiger partial charge in [-0.3, -0.25) is 4.57 Å². The standard InChI is InChI=1S/C11H12FN3O2S/c1-6(16)8-5-7(12)3-4-9(8)18-11-14-13-10(17)15(11)2/h3-6,16H,1-2H3,(H,13,17). The van der Waals surface area contributed by atoms with E-state index in [1.54, 1.807) is 20.0 Å². The van der Waals surface area contributed by atoms with E-state index in [4.69, 9.17) is 0 Å². The highest BCUT2D eigenvalue weighted by Crippen LogP contribution is 2.31. The molecule has 0 saturated heterocycles. The van der Waals surface area contributed by atoms with E-state index in [1.807, 2.05) is 0 Å². The number of nitrogens with zero attached hydrogens (tertiary/aromatic N) is 2. The largest absolute Gasteiger partial charge is 0.389 e. The van der Waals surface area contributed by atoms with E-state index < -0.39 is 11.9 Å². The first kappa shape index (κ1) is 12.8. The Hall–Kier alpha value is -1.60. The number of rotatable bonds is 3. The molecule has 1 aromatic carbocycles. The van der Waals surface area contributed by atoms with E-state index in [0.717, 1.165) is 0 Å². The maximum Gasteiger partial charge on any atom is 0.343 e. The van der Waals surface area contributed by atoms with E-state index in [2.05, 4.69) is 10.2 Å². The van der Waals surface area contributed by atoms with E-state index >= 15 is 0 Å². The summed E-state index contributed by atoms with van der Waals surface area (Å²) in [6, 6.07) is 4.14. The Morgan fingerprint density at radius 2 is 2.28 bits per heavy atom. The third kappa shape index (κ3) is 2.46. The number of halogens is 1. The molecule has 1 heterocycles. The Morgan fingerprint density at radius 1 is 1.56 bits per heavy atom. The van der Waals surface area contributed by atoms with Crippen LogP contribution in [0.3, 0.4) is 0 Å². The highest BCUT2D eigenvalue weighted by molar-refractivity contribution is 7.99. The lowest BCUT2D eigenvalue weighted by Gasteiger charge is -2.10. The second-order valence-electron chi connectivity index (χ2n) is 3.83. The Labute approximate surface area is 107 Å². The third-order valence-corrected chi connectivity index (χ3v) is 3.60. The van der Waals surface area contributed by atoms with Crippen LogP contribution >= 0.6 is 11.8 Å². The van der Waals surface area contributed by atoms with Crippen molar-refractivity contribution >= 4 is 11.8 Å². The minimum absolute atomic E-state index is 0.321. The van der Waals surface area contributed by atoms with Gasteiger partial charge in [-0.05, 0) is 42.4 Å². The fraction of sp³-hybridized carbons (Fsp3) is 0.273. The van der Waals surface area contributed by atoms with Gasteiger partial charge >= 0.3 is 5.69 Å². The maximum atomic E-state index is 13.1. The van der Waals surface area contributed by atoms with Crippen LogP contribution < -0.4 is 5.69 Å². The molecule has 0 bridgehead atoms. The first-order valence-corrected chi connectivity index (χ1v) is 6.07. The van der Waals surface area contributed by atoms with Gasteiger partial charge in [0, 0.05) is 11.9 Å². The van der Waals surface area contributed by atoms with Gasteiger partial charge in [0.2, 0.25) is 0 Å². The van der Waals surface area contributed by atoms with E-state index in [9.17, 15) is 14.3 Å². The summed E-state index contributed by atoms with van der Waals surface area (Å²) in [4.78, 5) is 11.9. The summed E-state index contributed by atoms with van der Waals surface area (Å²) in [6.07, 6.45) is -0.792. The van der Waals surface area contributed by atoms with E-state index in [0.29, 0.717) is 15.6 Å². The van der Waals surface area contributed by atoms with Crippen LogP contribution in [-0.4, -0.2) is 19.9 Å². The average Bonchev–Trinajstić information content (AvgIpc) is 2.63. The van der Waals surface area contributed by atoms with E-state index in [-0.39, 0.29) is 5.69 Å². The Morgan fingerprint density at radius 3 is 2.83 bits per heavy atom. The Balaban J connectivity index is 2.40. The van der Waals surface area contributed by atoms with Gasteiger partial charge in [0.05, 0.1) is 6.10 Å². The van der Waals surface area contributed by atoms with Crippen LogP contribution in [0.5, 0.6) is 0 Å². The molecule has 0 aliphatic heterocycles. The molecule has 2 N–H and O–H groups in total. The molecule has 5 nitrogen and oxygen atoms in total. The molecular formula is C11H12FN3O2S. The first-order valence-electron chi connectivity index (χ1n) is 5.26. The molecule has 0 aliphatic rings. The van der Waals surface area contributed by atoms with Crippen molar-refractivity contribution in [1.82, 2.24) is 14.8 Å². The van der Waals surface area contributed by atoms with Crippen LogP contribution in [0.4, 0.5) is 4.39 Å². The summed E-state index contributed by atoms with van der Waals surface area (Å²) >= 11 is 1.19. The maximum absolute atomic E-state index is 13.1. The molecule has 0 fully saturated rings. The van der Waals surface area contributed by atoms with Crippen LogP contribution in [0, 0.1) is 5.82 Å². The molecule has 0 radical (unpaired) electrons. The quantitative estimate of drug-likeness (QED) is 0.884. The van der Waals surface area contributed by atoms with Gasteiger partial charge in [0.1, 0.15) is 5.82 Å². The topological polar surface area (TPSA) is 70.9 Å². The van der Waals surface area contributed by atoms with Crippen molar-refractivity contribution in [3.8, 4) is 0 Å². The third-order valence-electron chi connectivity index (χ3n) is 2.46. The molecule has 96 valence electrons. The predicted molar refractivity (Wildman–Crippen MR) is 65.0 cm³/mol. The number of aromatic amines is 1. The summed E-state index contributed by atoms with van der Waals surface area (Å²) in [5.41, 5.74) is 0.147. The highest BCUT2D eigenvalue weighted by atomic mass is 32.2. The van der Waals surface area contributed by atoms with Crippen molar-refractivity contribution in [2.75, 3.05) is 0 Å². The second-order valence-corrected chi connectivity index (χ2v) is 4.84. The van der Waals surface area contributed by atoms with Gasteiger partial charge in [0.15, 0.2) is 5.16 Å². The highest BCUT2D eigenvalue weighted by Gasteiger charge is 2.13. The molecule has 1 unspecified atom stereocenters. The van der Waals surface area contributed by atoms with Crippen LogP contribution in [-0.2, 0) is 7.05 Å². The molecule has 2 rings (SSSR count). The number of aliphatic hydroxyl groups excluding tert-OH is 1. The minimum Gasteiger partial charge on any atom is -0.389 e. The minimum atomic E-state index is -0.792. The van der Waals surface area contributed by atoms with Gasteiger partial charge in [-0.15, -0.1) is 5.10 Å². The SMILES string of the molecule is CC(O)c1cc(F)ccc1Sc1n[nH]c(=O)n1C. The lowest BCUT2D eigenvalue weighted by atomic mass is 10.1. The van der Waals surface area contributed by atoms with Crippen LogP contribution in [0.2, 0.25) is 0 Å². The zero-order chi connectivity index (χ0) is 13.3. The number of H-pyrrole nitrogens is 1. The molecule has 0 saturated carbocycles. The van der Waals surface area contributed by atoms with Crippen LogP contribution in [0.15, 0.2) is 33.0 Å². The van der Waals surface area contributed by atoms with Gasteiger partial charge in [-0.25, -0.2) is 14.3 Å². The number of nitrogens with one attached hydrogen (secondary N) is 1. The summed E-state index contributed by atoms with van der Waals surface area (Å²) in [5.74, 6) is -0.411. The van der Waals surface area contributed by atoms with Crippen LogP contribution in [0.1, 0.15) is 18.6 Å². The van der Waals surface area contributed by atoms with Gasteiger partial charge in [0.25, 0.3) is 0 Å². The Kier molecular flexibility index (Phi) is 3.53. The second kappa shape index (κ2) is 4.95. The summed E-state index contributed by atoms with van der Waals surface area (Å²) in [7, 11) is 1.58. The molecular weight excluding hydrogens is 257 g/mol. The van der Waals surface area contributed by atoms with Crippen LogP contribution in [0.25, 0.3) is 0 Å². The smallest absolute Gasteiger partial charge is 0.343 e. The van der Waals surface area contributed by atoms with Gasteiger partial charge < -0.3 is 5.11 Å². The van der Waals surface area contributed by atoms with Gasteiger partial charge in [-0.1, -0.05) is 0 Å². The van der Waals surface area contributed by atoms with Crippen molar-refractivity contribution < 1.29 is 9.50 Å². The molecule has 1 aromatic heterocycles. The lowest BCUT2D eigenvalue weighted by Crippen LogP contribution is -2.12. The lowest BCUT2D eigenvalue weighted by molar-refractivity contribution is 0.196. The number of hydrogen-bond acceptors (Lipinski definition) is 4. The molecule has 1 atom stereocenters. The molecule has 0 aliphatic carbocycles. The zero-order valence-corrected chi connectivity index (χ0v) is 10.7. The molecule has 18 heavy (non-hydrogen) atoms. The average molecular weight is 269 g/mol. The number of hydrogen-bond donors (Lipinski definition) is 2. The van der Waals surface area contributed by atoms with Crippen molar-refractivity contribution in [3.05, 3.63) is 40.1 Å². The fourth-order valence-electron chi connectivity index (χ4n) is 1.46. The monoisotopic (exact) mass is 269 g/mol. The predicted octanol–water partition coefficient (Wildman–Crippen LogP) is 1.45. The summed E-state index contributed by atoms with van der Waals surface area (Å²) in [5, 5.41) is 16.2. The fourth-order valence-corrected chi connectivity index (χ4v) is 2.45. The zero-order valence-electron chi connectivity index (χ0n) is 9.85. The summed E-state index contributed by atoms with van der Waals surface area (Å²) in [6.45, 7) is 1.56. The molecule has 7 heteroatoms. The van der Waals surface area contributed by atoms with Crippen molar-refractivity contribution in [1.29, 1.82) is 0 Å². The summed E-state index contributed by atoms with van der Waals surface area (Å²) < 4.78 is 14.5. The molecule has 0 amide bonds. The van der Waals surface area contributed by atoms with Crippen molar-refractivity contribution in [2.24, 2.45) is 7.05 Å². The van der Waals surface area contributed by atoms with Gasteiger partial charge in [-0.2, -0.15) is 0 Å². The number of benzene rings is 1. The Bertz CT molecular complexity index is 621. The molecule has 0 spiro atoms. The number of aliphatic hydroxyl groups is 1. The van der Waals surface area contributed by atoms with E-state index in [1.165, 1.54) is 28.5 Å². The molecule has 2 aromatic rings. The van der Waals surface area contributed by atoms with Crippen molar-refractivity contribution in [2.45, 2.75) is 23.1 Å². The normalized spacial score (nSPS) is 12.7. The van der Waals surface area contributed by atoms with Crippen molar-refractivity contribution in [3.63, 3.8) is 0 Å².